The molecule has 0 unspecified atom stereocenters. The van der Waals surface area contributed by atoms with Gasteiger partial charge in [0.1, 0.15) is 5.82 Å². The van der Waals surface area contributed by atoms with Crippen LogP contribution in [0.1, 0.15) is 17.5 Å². The molecule has 0 saturated carbocycles. The molecular formula is C17H20N4. The zero-order valence-electron chi connectivity index (χ0n) is 12.3. The number of nitriles is 1. The lowest BCUT2D eigenvalue weighted by Crippen LogP contribution is -2.21. The normalized spacial score (nSPS) is 10.3. The van der Waals surface area contributed by atoms with Gasteiger partial charge >= 0.3 is 0 Å². The van der Waals surface area contributed by atoms with Crippen molar-refractivity contribution in [3.8, 4) is 6.07 Å². The van der Waals surface area contributed by atoms with Crippen LogP contribution in [-0.4, -0.2) is 30.0 Å². The van der Waals surface area contributed by atoms with E-state index in [1.807, 2.05) is 6.07 Å². The molecule has 0 amide bonds. The predicted octanol–water partition coefficient (Wildman–Crippen LogP) is 2.89. The lowest BCUT2D eigenvalue weighted by atomic mass is 10.2. The summed E-state index contributed by atoms with van der Waals surface area (Å²) in [6.45, 7) is 2.82. The van der Waals surface area contributed by atoms with E-state index in [0.29, 0.717) is 5.56 Å². The second kappa shape index (κ2) is 8.03. The van der Waals surface area contributed by atoms with Crippen molar-refractivity contribution in [2.24, 2.45) is 0 Å². The number of hydrogen-bond acceptors (Lipinski definition) is 4. The van der Waals surface area contributed by atoms with Crippen LogP contribution in [0.25, 0.3) is 0 Å². The molecule has 0 bridgehead atoms. The summed E-state index contributed by atoms with van der Waals surface area (Å²) in [5, 5.41) is 12.1. The summed E-state index contributed by atoms with van der Waals surface area (Å²) in [4.78, 5) is 6.50. The van der Waals surface area contributed by atoms with Gasteiger partial charge in [-0.15, -0.1) is 0 Å². The Morgan fingerprint density at radius 2 is 2.05 bits per heavy atom. The van der Waals surface area contributed by atoms with Gasteiger partial charge in [-0.3, -0.25) is 0 Å². The lowest BCUT2D eigenvalue weighted by molar-refractivity contribution is 0.325. The van der Waals surface area contributed by atoms with Gasteiger partial charge in [0.05, 0.1) is 11.6 Å². The number of hydrogen-bond donors (Lipinski definition) is 1. The highest BCUT2D eigenvalue weighted by Gasteiger charge is 2.00. The Hall–Kier alpha value is -2.38. The molecule has 4 nitrogen and oxygen atoms in total. The minimum Gasteiger partial charge on any atom is -0.370 e. The maximum Gasteiger partial charge on any atom is 0.127 e. The van der Waals surface area contributed by atoms with Crippen molar-refractivity contribution in [2.75, 3.05) is 25.5 Å². The molecule has 1 N–H and O–H groups in total. The highest BCUT2D eigenvalue weighted by Crippen LogP contribution is 2.06. The van der Waals surface area contributed by atoms with Gasteiger partial charge in [-0.1, -0.05) is 30.3 Å². The van der Waals surface area contributed by atoms with Crippen LogP contribution in [-0.2, 0) is 6.54 Å². The summed E-state index contributed by atoms with van der Waals surface area (Å²) in [6.07, 6.45) is 2.68. The summed E-state index contributed by atoms with van der Waals surface area (Å²) in [5.74, 6) is 0.764. The van der Waals surface area contributed by atoms with Crippen molar-refractivity contribution in [1.29, 1.82) is 5.26 Å². The Morgan fingerprint density at radius 1 is 1.24 bits per heavy atom. The molecule has 0 aliphatic carbocycles. The number of aromatic nitrogens is 1. The first-order valence-corrected chi connectivity index (χ1v) is 7.10. The van der Waals surface area contributed by atoms with E-state index in [9.17, 15) is 0 Å². The smallest absolute Gasteiger partial charge is 0.127 e. The van der Waals surface area contributed by atoms with Crippen LogP contribution in [0.3, 0.4) is 0 Å². The molecule has 0 radical (unpaired) electrons. The van der Waals surface area contributed by atoms with Crippen molar-refractivity contribution in [1.82, 2.24) is 9.88 Å². The van der Waals surface area contributed by atoms with E-state index >= 15 is 0 Å². The van der Waals surface area contributed by atoms with Crippen LogP contribution < -0.4 is 5.32 Å². The molecule has 21 heavy (non-hydrogen) atoms. The monoisotopic (exact) mass is 280 g/mol. The molecule has 1 heterocycles. The fourth-order valence-corrected chi connectivity index (χ4v) is 2.14. The predicted molar refractivity (Wildman–Crippen MR) is 84.8 cm³/mol. The highest BCUT2D eigenvalue weighted by molar-refractivity contribution is 5.42. The van der Waals surface area contributed by atoms with Crippen molar-refractivity contribution in [2.45, 2.75) is 13.0 Å². The van der Waals surface area contributed by atoms with E-state index in [1.165, 1.54) is 5.56 Å². The number of pyridine rings is 1. The number of benzene rings is 1. The second-order valence-corrected chi connectivity index (χ2v) is 5.05. The zero-order chi connectivity index (χ0) is 14.9. The molecule has 0 aliphatic rings. The third kappa shape index (κ3) is 5.25. The van der Waals surface area contributed by atoms with E-state index in [0.717, 1.165) is 31.9 Å². The molecule has 2 aromatic rings. The number of nitrogens with one attached hydrogen (secondary N) is 1. The summed E-state index contributed by atoms with van der Waals surface area (Å²) in [6, 6.07) is 16.1. The Bertz CT molecular complexity index is 589. The summed E-state index contributed by atoms with van der Waals surface area (Å²) in [7, 11) is 2.13. The van der Waals surface area contributed by atoms with Gasteiger partial charge < -0.3 is 10.2 Å². The molecule has 2 rings (SSSR count). The van der Waals surface area contributed by atoms with Crippen LogP contribution in [0, 0.1) is 11.3 Å². The maximum absolute atomic E-state index is 8.83. The maximum atomic E-state index is 8.83. The largest absolute Gasteiger partial charge is 0.370 e. The summed E-state index contributed by atoms with van der Waals surface area (Å²) < 4.78 is 0. The molecule has 1 aromatic carbocycles. The van der Waals surface area contributed by atoms with Crippen molar-refractivity contribution in [3.05, 3.63) is 59.8 Å². The average molecular weight is 280 g/mol. The fraction of sp³-hybridized carbons (Fsp3) is 0.294. The van der Waals surface area contributed by atoms with Gasteiger partial charge in [0.2, 0.25) is 0 Å². The number of nitrogens with zero attached hydrogens (tertiary/aromatic N) is 3. The zero-order valence-corrected chi connectivity index (χ0v) is 12.3. The van der Waals surface area contributed by atoms with Gasteiger partial charge in [-0.2, -0.15) is 5.26 Å². The van der Waals surface area contributed by atoms with Crippen molar-refractivity contribution >= 4 is 5.82 Å². The molecule has 0 aliphatic heterocycles. The quantitative estimate of drug-likeness (QED) is 0.792. The molecule has 0 saturated heterocycles. The van der Waals surface area contributed by atoms with Gasteiger partial charge in [-0.05, 0) is 37.7 Å². The fourth-order valence-electron chi connectivity index (χ4n) is 2.14. The van der Waals surface area contributed by atoms with E-state index < -0.39 is 0 Å². The Morgan fingerprint density at radius 3 is 2.81 bits per heavy atom. The Kier molecular flexibility index (Phi) is 5.74. The van der Waals surface area contributed by atoms with E-state index in [2.05, 4.69) is 52.6 Å². The average Bonchev–Trinajstić information content (AvgIpc) is 2.53. The molecule has 4 heteroatoms. The van der Waals surface area contributed by atoms with Gasteiger partial charge in [-0.25, -0.2) is 4.98 Å². The summed E-state index contributed by atoms with van der Waals surface area (Å²) >= 11 is 0. The Balaban J connectivity index is 1.68. The molecule has 0 atom stereocenters. The summed E-state index contributed by atoms with van der Waals surface area (Å²) in [5.41, 5.74) is 1.96. The highest BCUT2D eigenvalue weighted by atomic mass is 15.1. The number of anilines is 1. The van der Waals surface area contributed by atoms with Crippen LogP contribution in [0.4, 0.5) is 5.82 Å². The first-order valence-electron chi connectivity index (χ1n) is 7.10. The second-order valence-electron chi connectivity index (χ2n) is 5.05. The van der Waals surface area contributed by atoms with E-state index in [1.54, 1.807) is 18.3 Å². The third-order valence-electron chi connectivity index (χ3n) is 3.21. The molecule has 0 spiro atoms. The van der Waals surface area contributed by atoms with Gasteiger partial charge in [0.25, 0.3) is 0 Å². The standard InChI is InChI=1S/C17H20N4/c1-21(14-15-6-3-2-4-7-15)11-5-9-19-17-12-16(13-18)8-10-20-17/h2-4,6-8,10,12H,5,9,11,14H2,1H3,(H,19,20). The van der Waals surface area contributed by atoms with Crippen LogP contribution in [0.5, 0.6) is 0 Å². The van der Waals surface area contributed by atoms with Crippen LogP contribution in [0.15, 0.2) is 48.7 Å². The molecule has 108 valence electrons. The van der Waals surface area contributed by atoms with E-state index in [4.69, 9.17) is 5.26 Å². The molecule has 1 aromatic heterocycles. The first-order chi connectivity index (χ1) is 10.3. The Labute approximate surface area is 126 Å². The minimum atomic E-state index is 0.633. The lowest BCUT2D eigenvalue weighted by Gasteiger charge is -2.16. The van der Waals surface area contributed by atoms with Crippen LogP contribution in [0.2, 0.25) is 0 Å². The molecular weight excluding hydrogens is 260 g/mol. The number of rotatable bonds is 7. The van der Waals surface area contributed by atoms with Gasteiger partial charge in [0, 0.05) is 19.3 Å². The minimum absolute atomic E-state index is 0.633. The van der Waals surface area contributed by atoms with Gasteiger partial charge in [0.15, 0.2) is 0 Å². The van der Waals surface area contributed by atoms with Crippen molar-refractivity contribution < 1.29 is 0 Å². The topological polar surface area (TPSA) is 52.0 Å². The molecule has 0 fully saturated rings. The van der Waals surface area contributed by atoms with Crippen molar-refractivity contribution in [3.63, 3.8) is 0 Å². The van der Waals surface area contributed by atoms with E-state index in [-0.39, 0.29) is 0 Å². The first kappa shape index (κ1) is 15.0. The third-order valence-corrected chi connectivity index (χ3v) is 3.21. The SMILES string of the molecule is CN(CCCNc1cc(C#N)ccn1)Cc1ccccc1. The van der Waals surface area contributed by atoms with Crippen LogP contribution >= 0.6 is 0 Å².